The normalized spacial score (nSPS) is 26.3. The fraction of sp³-hybridized carbons (Fsp3) is 0.647. The second-order valence-corrected chi connectivity index (χ2v) is 6.09. The van der Waals surface area contributed by atoms with Crippen molar-refractivity contribution < 1.29 is 0 Å². The molecule has 0 radical (unpaired) electrons. The van der Waals surface area contributed by atoms with Crippen molar-refractivity contribution in [2.75, 3.05) is 19.6 Å². The van der Waals surface area contributed by atoms with Gasteiger partial charge in [0.05, 0.1) is 0 Å². The molecule has 1 aliphatic rings. The van der Waals surface area contributed by atoms with E-state index in [1.807, 2.05) is 0 Å². The van der Waals surface area contributed by atoms with Crippen molar-refractivity contribution in [3.8, 4) is 0 Å². The van der Waals surface area contributed by atoms with E-state index in [0.717, 1.165) is 19.0 Å². The van der Waals surface area contributed by atoms with Crippen molar-refractivity contribution in [2.24, 2.45) is 17.6 Å². The van der Waals surface area contributed by atoms with Gasteiger partial charge < -0.3 is 5.73 Å². The lowest BCUT2D eigenvalue weighted by Gasteiger charge is -2.41. The molecule has 0 bridgehead atoms. The van der Waals surface area contributed by atoms with Gasteiger partial charge in [0.1, 0.15) is 0 Å². The van der Waals surface area contributed by atoms with E-state index in [1.165, 1.54) is 30.5 Å². The Morgan fingerprint density at radius 1 is 1.32 bits per heavy atom. The van der Waals surface area contributed by atoms with E-state index < -0.39 is 0 Å². The predicted octanol–water partition coefficient (Wildman–Crippen LogP) is 3.36. The van der Waals surface area contributed by atoms with Crippen LogP contribution in [0.3, 0.4) is 0 Å². The molecule has 0 spiro atoms. The van der Waals surface area contributed by atoms with Crippen LogP contribution in [0.5, 0.6) is 0 Å². The van der Waals surface area contributed by atoms with Gasteiger partial charge in [0.2, 0.25) is 0 Å². The van der Waals surface area contributed by atoms with Gasteiger partial charge in [0.15, 0.2) is 0 Å². The van der Waals surface area contributed by atoms with Crippen LogP contribution in [0.1, 0.15) is 43.9 Å². The standard InChI is InChI=1S/C17H28N2/c1-4-17(15-7-5-13(2)6-8-15)19-10-9-14(3)16(11-18)12-19/h5-8,14,16-17H,4,9-12,18H2,1-3H3. The molecule has 3 atom stereocenters. The summed E-state index contributed by atoms with van der Waals surface area (Å²) in [7, 11) is 0. The average molecular weight is 260 g/mol. The van der Waals surface area contributed by atoms with Crippen LogP contribution in [-0.2, 0) is 0 Å². The molecule has 106 valence electrons. The van der Waals surface area contributed by atoms with Crippen LogP contribution >= 0.6 is 0 Å². The number of rotatable bonds is 4. The van der Waals surface area contributed by atoms with Crippen molar-refractivity contribution in [3.63, 3.8) is 0 Å². The van der Waals surface area contributed by atoms with Gasteiger partial charge in [-0.05, 0) is 50.3 Å². The van der Waals surface area contributed by atoms with Crippen molar-refractivity contribution in [1.82, 2.24) is 4.90 Å². The first-order valence-corrected chi connectivity index (χ1v) is 7.66. The fourth-order valence-electron chi connectivity index (χ4n) is 3.26. The Bertz CT molecular complexity index is 385. The number of aryl methyl sites for hydroxylation is 1. The highest BCUT2D eigenvalue weighted by Gasteiger charge is 2.29. The van der Waals surface area contributed by atoms with Gasteiger partial charge in [-0.2, -0.15) is 0 Å². The van der Waals surface area contributed by atoms with Crippen LogP contribution in [0.2, 0.25) is 0 Å². The predicted molar refractivity (Wildman–Crippen MR) is 82.1 cm³/mol. The molecule has 1 aromatic rings. The number of likely N-dealkylation sites (tertiary alicyclic amines) is 1. The van der Waals surface area contributed by atoms with E-state index in [1.54, 1.807) is 0 Å². The summed E-state index contributed by atoms with van der Waals surface area (Å²) in [5.41, 5.74) is 8.72. The van der Waals surface area contributed by atoms with Crippen LogP contribution in [0.15, 0.2) is 24.3 Å². The second-order valence-electron chi connectivity index (χ2n) is 6.09. The molecular formula is C17H28N2. The molecule has 0 aromatic heterocycles. The van der Waals surface area contributed by atoms with Crippen LogP contribution in [0.4, 0.5) is 0 Å². The van der Waals surface area contributed by atoms with Crippen LogP contribution < -0.4 is 5.73 Å². The summed E-state index contributed by atoms with van der Waals surface area (Å²) in [5, 5.41) is 0. The Morgan fingerprint density at radius 3 is 2.58 bits per heavy atom. The first-order valence-electron chi connectivity index (χ1n) is 7.66. The van der Waals surface area contributed by atoms with Gasteiger partial charge >= 0.3 is 0 Å². The molecule has 2 nitrogen and oxygen atoms in total. The summed E-state index contributed by atoms with van der Waals surface area (Å²) in [6.45, 7) is 9.98. The molecule has 19 heavy (non-hydrogen) atoms. The lowest BCUT2D eigenvalue weighted by atomic mass is 9.85. The molecule has 1 aromatic carbocycles. The van der Waals surface area contributed by atoms with Crippen molar-refractivity contribution in [3.05, 3.63) is 35.4 Å². The van der Waals surface area contributed by atoms with Gasteiger partial charge in [0, 0.05) is 12.6 Å². The minimum Gasteiger partial charge on any atom is -0.330 e. The SMILES string of the molecule is CCC(c1ccc(C)cc1)N1CCC(C)C(CN)C1. The fourth-order valence-corrected chi connectivity index (χ4v) is 3.26. The molecule has 1 fully saturated rings. The lowest BCUT2D eigenvalue weighted by molar-refractivity contribution is 0.0885. The number of nitrogens with two attached hydrogens (primary N) is 1. The number of hydrogen-bond acceptors (Lipinski definition) is 2. The molecule has 2 rings (SSSR count). The average Bonchev–Trinajstić information content (AvgIpc) is 2.43. The second kappa shape index (κ2) is 6.53. The third-order valence-corrected chi connectivity index (χ3v) is 4.74. The smallest absolute Gasteiger partial charge is 0.0345 e. The highest BCUT2D eigenvalue weighted by molar-refractivity contribution is 5.24. The zero-order valence-electron chi connectivity index (χ0n) is 12.6. The molecule has 0 saturated carbocycles. The number of hydrogen-bond donors (Lipinski definition) is 1. The van der Waals surface area contributed by atoms with E-state index >= 15 is 0 Å². The highest BCUT2D eigenvalue weighted by atomic mass is 15.2. The Kier molecular flexibility index (Phi) is 5.00. The first kappa shape index (κ1) is 14.5. The van der Waals surface area contributed by atoms with Gasteiger partial charge in [-0.3, -0.25) is 4.90 Å². The quantitative estimate of drug-likeness (QED) is 0.899. The zero-order chi connectivity index (χ0) is 13.8. The lowest BCUT2D eigenvalue weighted by Crippen LogP contribution is -2.44. The van der Waals surface area contributed by atoms with E-state index in [-0.39, 0.29) is 0 Å². The van der Waals surface area contributed by atoms with Crippen molar-refractivity contribution >= 4 is 0 Å². The summed E-state index contributed by atoms with van der Waals surface area (Å²) >= 11 is 0. The molecule has 1 saturated heterocycles. The van der Waals surface area contributed by atoms with E-state index in [9.17, 15) is 0 Å². The summed E-state index contributed by atoms with van der Waals surface area (Å²) in [6.07, 6.45) is 2.46. The zero-order valence-corrected chi connectivity index (χ0v) is 12.6. The third-order valence-electron chi connectivity index (χ3n) is 4.74. The van der Waals surface area contributed by atoms with Gasteiger partial charge in [-0.1, -0.05) is 43.7 Å². The number of benzene rings is 1. The maximum absolute atomic E-state index is 5.93. The number of piperidine rings is 1. The van der Waals surface area contributed by atoms with Crippen molar-refractivity contribution in [1.29, 1.82) is 0 Å². The highest BCUT2D eigenvalue weighted by Crippen LogP contribution is 2.31. The topological polar surface area (TPSA) is 29.3 Å². The van der Waals surface area contributed by atoms with Crippen molar-refractivity contribution in [2.45, 2.75) is 39.7 Å². The largest absolute Gasteiger partial charge is 0.330 e. The third kappa shape index (κ3) is 3.37. The van der Waals surface area contributed by atoms with E-state index in [0.29, 0.717) is 12.0 Å². The first-order chi connectivity index (χ1) is 9.15. The Balaban J connectivity index is 2.11. The summed E-state index contributed by atoms with van der Waals surface area (Å²) < 4.78 is 0. The van der Waals surface area contributed by atoms with E-state index in [2.05, 4.69) is 49.9 Å². The van der Waals surface area contributed by atoms with Gasteiger partial charge in [-0.25, -0.2) is 0 Å². The summed E-state index contributed by atoms with van der Waals surface area (Å²) in [6, 6.07) is 9.59. The van der Waals surface area contributed by atoms with Gasteiger partial charge in [0.25, 0.3) is 0 Å². The molecular weight excluding hydrogens is 232 g/mol. The molecule has 1 heterocycles. The molecule has 1 aliphatic heterocycles. The van der Waals surface area contributed by atoms with E-state index in [4.69, 9.17) is 5.73 Å². The molecule has 2 heteroatoms. The minimum absolute atomic E-state index is 0.558. The molecule has 3 unspecified atom stereocenters. The van der Waals surface area contributed by atoms with Gasteiger partial charge in [-0.15, -0.1) is 0 Å². The van der Waals surface area contributed by atoms with Crippen LogP contribution in [-0.4, -0.2) is 24.5 Å². The summed E-state index contributed by atoms with van der Waals surface area (Å²) in [5.74, 6) is 1.44. The maximum atomic E-state index is 5.93. The monoisotopic (exact) mass is 260 g/mol. The Hall–Kier alpha value is -0.860. The molecule has 2 N–H and O–H groups in total. The molecule has 0 aliphatic carbocycles. The van der Waals surface area contributed by atoms with Crippen LogP contribution in [0.25, 0.3) is 0 Å². The van der Waals surface area contributed by atoms with Crippen LogP contribution in [0, 0.1) is 18.8 Å². The number of nitrogens with zero attached hydrogens (tertiary/aromatic N) is 1. The minimum atomic E-state index is 0.558. The Labute approximate surface area is 118 Å². The summed E-state index contributed by atoms with van der Waals surface area (Å²) in [4.78, 5) is 2.64. The maximum Gasteiger partial charge on any atom is 0.0345 e. The molecule has 0 amide bonds. The Morgan fingerprint density at radius 2 is 2.00 bits per heavy atom.